The summed E-state index contributed by atoms with van der Waals surface area (Å²) in [5, 5.41) is 10.5. The van der Waals surface area contributed by atoms with Crippen LogP contribution in [0.2, 0.25) is 0 Å². The Morgan fingerprint density at radius 2 is 0.646 bits per heavy atom. The maximum Gasteiger partial charge on any atom is 0.472 e. The number of hydrogen-bond acceptors (Lipinski definition) is 15. The molecule has 0 aliphatic heterocycles. The van der Waals surface area contributed by atoms with Crippen molar-refractivity contribution in [3.63, 3.8) is 0 Å². The lowest BCUT2D eigenvalue weighted by atomic mass is 9.99. The highest BCUT2D eigenvalue weighted by atomic mass is 31.2. The molecule has 0 saturated carbocycles. The second-order valence-corrected chi connectivity index (χ2v) is 25.4. The summed E-state index contributed by atoms with van der Waals surface area (Å²) in [7, 11) is -9.87. The highest BCUT2D eigenvalue weighted by Gasteiger charge is 2.30. The van der Waals surface area contributed by atoms with Crippen LogP contribution in [-0.2, 0) is 65.4 Å². The smallest absolute Gasteiger partial charge is 0.462 e. The molecule has 0 spiro atoms. The molecule has 0 fully saturated rings. The predicted molar refractivity (Wildman–Crippen MR) is 312 cm³/mol. The van der Waals surface area contributed by atoms with Gasteiger partial charge >= 0.3 is 39.5 Å². The van der Waals surface area contributed by atoms with Crippen molar-refractivity contribution in [1.29, 1.82) is 0 Å². The number of ether oxygens (including phenoxy) is 4. The largest absolute Gasteiger partial charge is 0.472 e. The van der Waals surface area contributed by atoms with Gasteiger partial charge in [-0.2, -0.15) is 0 Å². The van der Waals surface area contributed by atoms with Crippen molar-refractivity contribution >= 4 is 39.5 Å². The van der Waals surface area contributed by atoms with E-state index in [1.807, 2.05) is 0 Å². The Bertz CT molecular complexity index is 1570. The van der Waals surface area contributed by atoms with Crippen molar-refractivity contribution in [2.24, 2.45) is 11.8 Å². The standard InChI is InChI=1S/C60H116O17P2/c1-7-10-12-14-16-18-25-32-38-44-59(64)76-55(48-70-57(62)42-36-30-24-17-15-13-11-8-2)50-74-78(66,67)72-46-54(61)47-73-79(68,69)75-51-56(49-71-58(63)43-37-31-27-21-22-28-34-40-52(4)5)77-60(65)45-39-33-26-20-19-23-29-35-41-53(6)9-3/h52-56,61H,7-51H2,1-6H3,(H,66,67)(H,68,69)/t53?,54-,55+,56+/m0/s1. The topological polar surface area (TPSA) is 237 Å². The molecule has 0 radical (unpaired) electrons. The lowest BCUT2D eigenvalue weighted by Gasteiger charge is -2.21. The fourth-order valence-corrected chi connectivity index (χ4v) is 10.4. The van der Waals surface area contributed by atoms with Crippen molar-refractivity contribution in [1.82, 2.24) is 0 Å². The van der Waals surface area contributed by atoms with Gasteiger partial charge in [0.1, 0.15) is 19.3 Å². The second kappa shape index (κ2) is 52.8. The highest BCUT2D eigenvalue weighted by molar-refractivity contribution is 7.47. The lowest BCUT2D eigenvalue weighted by molar-refractivity contribution is -0.161. The second-order valence-electron chi connectivity index (χ2n) is 22.5. The molecule has 79 heavy (non-hydrogen) atoms. The van der Waals surface area contributed by atoms with Crippen molar-refractivity contribution in [3.05, 3.63) is 0 Å². The van der Waals surface area contributed by atoms with Crippen LogP contribution in [0.4, 0.5) is 0 Å². The first kappa shape index (κ1) is 77.1. The van der Waals surface area contributed by atoms with Gasteiger partial charge in [0.05, 0.1) is 26.4 Å². The van der Waals surface area contributed by atoms with Gasteiger partial charge in [-0.05, 0) is 37.5 Å². The Balaban J connectivity index is 5.23. The highest BCUT2D eigenvalue weighted by Crippen LogP contribution is 2.45. The van der Waals surface area contributed by atoms with E-state index < -0.39 is 97.5 Å². The Morgan fingerprint density at radius 1 is 0.367 bits per heavy atom. The first-order chi connectivity index (χ1) is 37.9. The quantitative estimate of drug-likeness (QED) is 0.0222. The lowest BCUT2D eigenvalue weighted by Crippen LogP contribution is -2.30. The minimum absolute atomic E-state index is 0.104. The molecule has 0 aromatic heterocycles. The van der Waals surface area contributed by atoms with E-state index in [4.69, 9.17) is 37.0 Å². The summed E-state index contributed by atoms with van der Waals surface area (Å²) in [4.78, 5) is 71.9. The van der Waals surface area contributed by atoms with Crippen molar-refractivity contribution in [2.45, 2.75) is 310 Å². The zero-order chi connectivity index (χ0) is 58.7. The van der Waals surface area contributed by atoms with E-state index in [1.54, 1.807) is 0 Å². The van der Waals surface area contributed by atoms with Crippen molar-refractivity contribution in [2.75, 3.05) is 39.6 Å². The molecule has 0 rings (SSSR count). The molecule has 0 aromatic rings. The molecule has 3 N–H and O–H groups in total. The van der Waals surface area contributed by atoms with Gasteiger partial charge in [0, 0.05) is 25.7 Å². The number of aliphatic hydroxyl groups is 1. The molecule has 3 unspecified atom stereocenters. The van der Waals surface area contributed by atoms with E-state index in [2.05, 4.69) is 41.5 Å². The van der Waals surface area contributed by atoms with Crippen LogP contribution < -0.4 is 0 Å². The molecule has 6 atom stereocenters. The zero-order valence-electron chi connectivity index (χ0n) is 50.7. The maximum absolute atomic E-state index is 12.9. The van der Waals surface area contributed by atoms with Crippen LogP contribution in [0.3, 0.4) is 0 Å². The van der Waals surface area contributed by atoms with Gasteiger partial charge in [0.2, 0.25) is 0 Å². The molecule has 0 bridgehead atoms. The maximum atomic E-state index is 12.9. The average molecular weight is 1170 g/mol. The average Bonchev–Trinajstić information content (AvgIpc) is 3.41. The summed E-state index contributed by atoms with van der Waals surface area (Å²) >= 11 is 0. The van der Waals surface area contributed by atoms with Crippen LogP contribution in [0.25, 0.3) is 0 Å². The van der Waals surface area contributed by atoms with Crippen LogP contribution >= 0.6 is 15.6 Å². The van der Waals surface area contributed by atoms with Gasteiger partial charge in [-0.15, -0.1) is 0 Å². The molecule has 0 aliphatic carbocycles. The predicted octanol–water partition coefficient (Wildman–Crippen LogP) is 16.1. The van der Waals surface area contributed by atoms with E-state index >= 15 is 0 Å². The van der Waals surface area contributed by atoms with E-state index in [1.165, 1.54) is 96.3 Å². The summed E-state index contributed by atoms with van der Waals surface area (Å²) in [5.41, 5.74) is 0. The van der Waals surface area contributed by atoms with Gasteiger partial charge in [0.25, 0.3) is 0 Å². The van der Waals surface area contributed by atoms with Crippen molar-refractivity contribution < 1.29 is 80.2 Å². The number of carbonyl (C=O) groups is 4. The first-order valence-electron chi connectivity index (χ1n) is 31.5. The van der Waals surface area contributed by atoms with Gasteiger partial charge in [-0.3, -0.25) is 37.3 Å². The number of aliphatic hydroxyl groups excluding tert-OH is 1. The molecule has 468 valence electrons. The molecule has 0 amide bonds. The summed E-state index contributed by atoms with van der Waals surface area (Å²) in [6.45, 7) is 9.36. The van der Waals surface area contributed by atoms with Crippen molar-refractivity contribution in [3.8, 4) is 0 Å². The Morgan fingerprint density at radius 3 is 0.962 bits per heavy atom. The van der Waals surface area contributed by atoms with Crippen LogP contribution in [0.5, 0.6) is 0 Å². The van der Waals surface area contributed by atoms with Gasteiger partial charge in [-0.1, -0.05) is 241 Å². The minimum atomic E-state index is -4.94. The van der Waals surface area contributed by atoms with E-state index in [-0.39, 0.29) is 25.7 Å². The normalized spacial score (nSPS) is 14.8. The molecule has 0 aliphatic rings. The number of unbranched alkanes of at least 4 members (excludes halogenated alkanes) is 28. The van der Waals surface area contributed by atoms with Crippen LogP contribution in [0, 0.1) is 11.8 Å². The van der Waals surface area contributed by atoms with Crippen LogP contribution in [0.15, 0.2) is 0 Å². The molecule has 17 nitrogen and oxygen atoms in total. The van der Waals surface area contributed by atoms with E-state index in [0.29, 0.717) is 31.6 Å². The molecule has 0 saturated heterocycles. The molecule has 0 heterocycles. The third kappa shape index (κ3) is 53.8. The van der Waals surface area contributed by atoms with Crippen LogP contribution in [0.1, 0.15) is 292 Å². The summed E-state index contributed by atoms with van der Waals surface area (Å²) in [5.74, 6) is -0.670. The molecule has 19 heteroatoms. The Hall–Kier alpha value is -1.94. The minimum Gasteiger partial charge on any atom is -0.462 e. The van der Waals surface area contributed by atoms with Gasteiger partial charge < -0.3 is 33.8 Å². The Kier molecular flexibility index (Phi) is 51.5. The zero-order valence-corrected chi connectivity index (χ0v) is 52.4. The van der Waals surface area contributed by atoms with E-state index in [9.17, 15) is 43.2 Å². The first-order valence-corrected chi connectivity index (χ1v) is 34.5. The molecule has 0 aromatic carbocycles. The summed E-state index contributed by atoms with van der Waals surface area (Å²) in [6, 6.07) is 0. The fourth-order valence-electron chi connectivity index (χ4n) is 8.79. The Labute approximate surface area is 479 Å². The fraction of sp³-hybridized carbons (Fsp3) is 0.933. The van der Waals surface area contributed by atoms with Gasteiger partial charge in [-0.25, -0.2) is 9.13 Å². The monoisotopic (exact) mass is 1170 g/mol. The summed E-state index contributed by atoms with van der Waals surface area (Å²) in [6.07, 6.45) is 33.5. The molecular formula is C60H116O17P2. The number of carbonyl (C=O) groups excluding carboxylic acids is 4. The molecular weight excluding hydrogens is 1050 g/mol. The number of esters is 4. The van der Waals surface area contributed by atoms with E-state index in [0.717, 1.165) is 109 Å². The third-order valence-electron chi connectivity index (χ3n) is 14.1. The van der Waals surface area contributed by atoms with Gasteiger partial charge in [0.15, 0.2) is 12.2 Å². The SMILES string of the molecule is CCCCCCCCCCCC(=O)O[C@H](COC(=O)CCCCCCCCCC)COP(=O)(O)OC[C@H](O)COP(=O)(O)OC[C@@H](COC(=O)CCCCCCCCCC(C)C)OC(=O)CCCCCCCCCCC(C)CC. The number of rotatable bonds is 59. The summed E-state index contributed by atoms with van der Waals surface area (Å²) < 4.78 is 67.7. The number of phosphoric ester groups is 2. The number of phosphoric acid groups is 2. The third-order valence-corrected chi connectivity index (χ3v) is 16.0. The van der Waals surface area contributed by atoms with Crippen LogP contribution in [-0.4, -0.2) is 96.7 Å². The number of hydrogen-bond donors (Lipinski definition) is 3.